The molecule has 1 aromatic heterocycles. The molecule has 0 spiro atoms. The average Bonchev–Trinajstić information content (AvgIpc) is 2.43. The fraction of sp³-hybridized carbons (Fsp3) is 0.556. The van der Waals surface area contributed by atoms with E-state index in [9.17, 15) is 13.2 Å². The number of nitrogens with zero attached hydrogens (tertiary/aromatic N) is 2. The number of rotatable bonds is 2. The lowest BCUT2D eigenvalue weighted by Crippen LogP contribution is -2.20. The van der Waals surface area contributed by atoms with Gasteiger partial charge in [0, 0.05) is 13.5 Å². The number of aliphatic carboxylic acids is 1. The van der Waals surface area contributed by atoms with Gasteiger partial charge in [-0.2, -0.15) is 0 Å². The Morgan fingerprint density at radius 1 is 1.56 bits per heavy atom. The van der Waals surface area contributed by atoms with Crippen molar-refractivity contribution in [2.75, 3.05) is 5.75 Å². The van der Waals surface area contributed by atoms with Gasteiger partial charge in [-0.3, -0.25) is 4.79 Å². The predicted molar refractivity (Wildman–Crippen MR) is 55.7 cm³/mol. The summed E-state index contributed by atoms with van der Waals surface area (Å²) in [6.45, 7) is 0. The number of hydrogen-bond donors (Lipinski definition) is 1. The molecule has 1 aliphatic heterocycles. The van der Waals surface area contributed by atoms with Crippen molar-refractivity contribution in [1.29, 1.82) is 0 Å². The van der Waals surface area contributed by atoms with Gasteiger partial charge in [0.25, 0.3) is 0 Å². The van der Waals surface area contributed by atoms with E-state index in [1.54, 1.807) is 11.6 Å². The number of fused-ring (bicyclic) bond motifs is 1. The highest BCUT2D eigenvalue weighted by atomic mass is 32.2. The minimum atomic E-state index is -3.04. The summed E-state index contributed by atoms with van der Waals surface area (Å²) in [7, 11) is -1.38. The fourth-order valence-corrected chi connectivity index (χ4v) is 3.28. The van der Waals surface area contributed by atoms with Crippen LogP contribution in [0.4, 0.5) is 0 Å². The molecule has 88 valence electrons. The van der Waals surface area contributed by atoms with Gasteiger partial charge in [0.1, 0.15) is 12.2 Å². The van der Waals surface area contributed by atoms with Gasteiger partial charge in [-0.1, -0.05) is 0 Å². The second-order valence-corrected chi connectivity index (χ2v) is 6.08. The maximum Gasteiger partial charge on any atom is 0.311 e. The number of carboxylic acids is 1. The Hall–Kier alpha value is -1.37. The van der Waals surface area contributed by atoms with Crippen molar-refractivity contribution < 1.29 is 18.3 Å². The zero-order valence-corrected chi connectivity index (χ0v) is 9.62. The van der Waals surface area contributed by atoms with Crippen LogP contribution in [0.25, 0.3) is 0 Å². The zero-order valence-electron chi connectivity index (χ0n) is 8.80. The monoisotopic (exact) mass is 244 g/mol. The van der Waals surface area contributed by atoms with E-state index in [-0.39, 0.29) is 17.9 Å². The molecule has 0 aliphatic carbocycles. The standard InChI is InChI=1S/C9H12N2O4S/c1-11-7-5-16(14,15)3-2-6(7)10-8(11)4-9(12)13/h2-5H2,1H3,(H,12,13). The smallest absolute Gasteiger partial charge is 0.311 e. The van der Waals surface area contributed by atoms with E-state index in [2.05, 4.69) is 4.98 Å². The van der Waals surface area contributed by atoms with Gasteiger partial charge in [-0.25, -0.2) is 13.4 Å². The van der Waals surface area contributed by atoms with Crippen molar-refractivity contribution in [3.8, 4) is 0 Å². The van der Waals surface area contributed by atoms with E-state index in [1.165, 1.54) is 0 Å². The first-order chi connectivity index (χ1) is 7.39. The summed E-state index contributed by atoms with van der Waals surface area (Å²) in [4.78, 5) is 14.8. The maximum absolute atomic E-state index is 11.4. The third-order valence-electron chi connectivity index (χ3n) is 2.71. The Kier molecular flexibility index (Phi) is 2.49. The fourth-order valence-electron chi connectivity index (χ4n) is 1.85. The van der Waals surface area contributed by atoms with Gasteiger partial charge >= 0.3 is 5.97 Å². The SMILES string of the molecule is Cn1c(CC(=O)O)nc2c1CS(=O)(=O)CC2. The molecule has 0 fully saturated rings. The number of carboxylic acid groups (broad SMARTS) is 1. The topological polar surface area (TPSA) is 89.3 Å². The highest BCUT2D eigenvalue weighted by molar-refractivity contribution is 7.90. The van der Waals surface area contributed by atoms with Gasteiger partial charge in [0.15, 0.2) is 9.84 Å². The molecule has 1 N–H and O–H groups in total. The molecule has 7 heteroatoms. The number of aromatic nitrogens is 2. The van der Waals surface area contributed by atoms with Crippen molar-refractivity contribution >= 4 is 15.8 Å². The molecule has 0 bridgehead atoms. The lowest BCUT2D eigenvalue weighted by molar-refractivity contribution is -0.136. The molecule has 0 saturated carbocycles. The van der Waals surface area contributed by atoms with Crippen molar-refractivity contribution in [1.82, 2.24) is 9.55 Å². The van der Waals surface area contributed by atoms with E-state index in [1.807, 2.05) is 0 Å². The third-order valence-corrected chi connectivity index (χ3v) is 4.24. The Labute approximate surface area is 92.8 Å². The number of sulfone groups is 1. The number of carbonyl (C=O) groups is 1. The molecular weight excluding hydrogens is 232 g/mol. The summed E-state index contributed by atoms with van der Waals surface area (Å²) >= 11 is 0. The van der Waals surface area contributed by atoms with Crippen LogP contribution in [0.3, 0.4) is 0 Å². The van der Waals surface area contributed by atoms with Crippen molar-refractivity contribution in [3.63, 3.8) is 0 Å². The van der Waals surface area contributed by atoms with Crippen LogP contribution in [0, 0.1) is 0 Å². The highest BCUT2D eigenvalue weighted by Gasteiger charge is 2.27. The van der Waals surface area contributed by atoms with Gasteiger partial charge in [-0.15, -0.1) is 0 Å². The van der Waals surface area contributed by atoms with Crippen molar-refractivity contribution in [2.24, 2.45) is 7.05 Å². The predicted octanol–water partition coefficient (Wildman–Crippen LogP) is -0.482. The lowest BCUT2D eigenvalue weighted by atomic mass is 10.3. The summed E-state index contributed by atoms with van der Waals surface area (Å²) in [5.74, 6) is -0.488. The van der Waals surface area contributed by atoms with Crippen LogP contribution in [0.15, 0.2) is 0 Å². The van der Waals surface area contributed by atoms with E-state index < -0.39 is 15.8 Å². The van der Waals surface area contributed by atoms with Gasteiger partial charge in [0.05, 0.1) is 22.9 Å². The Balaban J connectivity index is 2.42. The van der Waals surface area contributed by atoms with Crippen LogP contribution < -0.4 is 0 Å². The highest BCUT2D eigenvalue weighted by Crippen LogP contribution is 2.21. The van der Waals surface area contributed by atoms with Crippen LogP contribution in [-0.2, 0) is 40.3 Å². The van der Waals surface area contributed by atoms with Crippen molar-refractivity contribution in [2.45, 2.75) is 18.6 Å². The van der Waals surface area contributed by atoms with Crippen LogP contribution in [-0.4, -0.2) is 34.8 Å². The first kappa shape index (κ1) is 11.1. The first-order valence-electron chi connectivity index (χ1n) is 4.84. The Morgan fingerprint density at radius 3 is 2.88 bits per heavy atom. The van der Waals surface area contributed by atoms with E-state index in [0.29, 0.717) is 23.6 Å². The third kappa shape index (κ3) is 1.95. The molecule has 2 rings (SSSR count). The zero-order chi connectivity index (χ0) is 11.9. The summed E-state index contributed by atoms with van der Waals surface area (Å²) < 4.78 is 24.5. The van der Waals surface area contributed by atoms with Crippen molar-refractivity contribution in [3.05, 3.63) is 17.2 Å². The molecule has 2 heterocycles. The molecule has 0 aromatic carbocycles. The number of aryl methyl sites for hydroxylation is 1. The second-order valence-electron chi connectivity index (χ2n) is 3.89. The Morgan fingerprint density at radius 2 is 2.25 bits per heavy atom. The van der Waals surface area contributed by atoms with E-state index in [4.69, 9.17) is 5.11 Å². The minimum absolute atomic E-state index is 0.0363. The average molecular weight is 244 g/mol. The first-order valence-corrected chi connectivity index (χ1v) is 6.67. The molecule has 0 amide bonds. The summed E-state index contributed by atoms with van der Waals surface area (Å²) in [6, 6.07) is 0. The molecule has 6 nitrogen and oxygen atoms in total. The molecule has 1 aromatic rings. The van der Waals surface area contributed by atoms with Crippen LogP contribution >= 0.6 is 0 Å². The van der Waals surface area contributed by atoms with Gasteiger partial charge in [0.2, 0.25) is 0 Å². The molecule has 0 saturated heterocycles. The molecular formula is C9H12N2O4S. The molecule has 1 aliphatic rings. The second kappa shape index (κ2) is 3.58. The quantitative estimate of drug-likeness (QED) is 0.758. The van der Waals surface area contributed by atoms with Crippen LogP contribution in [0.2, 0.25) is 0 Å². The molecule has 16 heavy (non-hydrogen) atoms. The number of hydrogen-bond acceptors (Lipinski definition) is 4. The summed E-state index contributed by atoms with van der Waals surface area (Å²) in [5, 5.41) is 8.68. The van der Waals surface area contributed by atoms with Gasteiger partial charge in [-0.05, 0) is 0 Å². The summed E-state index contributed by atoms with van der Waals surface area (Å²) in [6.07, 6.45) is 0.203. The van der Waals surface area contributed by atoms with E-state index >= 15 is 0 Å². The number of imidazole rings is 1. The van der Waals surface area contributed by atoms with Crippen LogP contribution in [0.1, 0.15) is 17.2 Å². The van der Waals surface area contributed by atoms with Gasteiger partial charge < -0.3 is 9.67 Å². The van der Waals surface area contributed by atoms with Crippen LogP contribution in [0.5, 0.6) is 0 Å². The maximum atomic E-state index is 11.4. The largest absolute Gasteiger partial charge is 0.481 e. The molecule has 0 radical (unpaired) electrons. The normalized spacial score (nSPS) is 18.1. The summed E-state index contributed by atoms with van der Waals surface area (Å²) in [5.41, 5.74) is 1.34. The Bertz CT molecular complexity index is 544. The molecule has 0 unspecified atom stereocenters. The minimum Gasteiger partial charge on any atom is -0.481 e. The molecule has 0 atom stereocenters. The van der Waals surface area contributed by atoms with E-state index in [0.717, 1.165) is 0 Å². The lowest BCUT2D eigenvalue weighted by Gasteiger charge is -2.12.